The Labute approximate surface area is 110 Å². The zero-order valence-electron chi connectivity index (χ0n) is 11.1. The first-order valence-electron chi connectivity index (χ1n) is 5.92. The third-order valence-electron chi connectivity index (χ3n) is 2.78. The largest absolute Gasteiger partial charge is 0.507 e. The van der Waals surface area contributed by atoms with E-state index in [-0.39, 0.29) is 11.8 Å². The van der Waals surface area contributed by atoms with Gasteiger partial charge in [0.1, 0.15) is 11.5 Å². The second-order valence-electron chi connectivity index (χ2n) is 4.53. The molecule has 1 aromatic carbocycles. The van der Waals surface area contributed by atoms with Crippen LogP contribution in [-0.4, -0.2) is 24.4 Å². The number of hydrogen-bond acceptors (Lipinski definition) is 3. The maximum atomic E-state index is 12.2. The molecule has 1 aromatic rings. The number of hydrogen-bond donors (Lipinski definition) is 2. The van der Waals surface area contributed by atoms with E-state index in [9.17, 15) is 18.3 Å². The van der Waals surface area contributed by atoms with Gasteiger partial charge < -0.3 is 15.2 Å². The van der Waals surface area contributed by atoms with Gasteiger partial charge in [0.25, 0.3) is 0 Å². The van der Waals surface area contributed by atoms with Gasteiger partial charge in [-0.3, -0.25) is 0 Å². The van der Waals surface area contributed by atoms with Crippen LogP contribution in [0.25, 0.3) is 0 Å². The van der Waals surface area contributed by atoms with Crippen LogP contribution in [0.3, 0.4) is 0 Å². The highest BCUT2D eigenvalue weighted by Gasteiger charge is 2.30. The molecule has 19 heavy (non-hydrogen) atoms. The van der Waals surface area contributed by atoms with Gasteiger partial charge in [-0.25, -0.2) is 0 Å². The number of benzene rings is 1. The van der Waals surface area contributed by atoms with Crippen molar-refractivity contribution in [2.75, 3.05) is 7.11 Å². The molecule has 2 unspecified atom stereocenters. The fourth-order valence-electron chi connectivity index (χ4n) is 1.94. The summed E-state index contributed by atoms with van der Waals surface area (Å²) in [4.78, 5) is 0. The molecule has 0 aliphatic carbocycles. The minimum Gasteiger partial charge on any atom is -0.507 e. The fraction of sp³-hybridized carbons (Fsp3) is 0.538. The van der Waals surface area contributed by atoms with Gasteiger partial charge >= 0.3 is 6.18 Å². The predicted octanol–water partition coefficient (Wildman–Crippen LogP) is 3.39. The van der Waals surface area contributed by atoms with Gasteiger partial charge in [-0.15, -0.1) is 0 Å². The van der Waals surface area contributed by atoms with Crippen molar-refractivity contribution >= 4 is 0 Å². The first kappa shape index (κ1) is 15.6. The van der Waals surface area contributed by atoms with Crippen molar-refractivity contribution in [1.82, 2.24) is 5.32 Å². The predicted molar refractivity (Wildman–Crippen MR) is 66.3 cm³/mol. The van der Waals surface area contributed by atoms with E-state index in [0.29, 0.717) is 11.3 Å². The number of aromatic hydroxyl groups is 1. The molecule has 0 spiro atoms. The molecular formula is C13H18F3NO2. The van der Waals surface area contributed by atoms with Gasteiger partial charge in [0, 0.05) is 23.7 Å². The molecule has 0 aliphatic heterocycles. The van der Waals surface area contributed by atoms with Crippen molar-refractivity contribution in [3.8, 4) is 11.5 Å². The summed E-state index contributed by atoms with van der Waals surface area (Å²) >= 11 is 0. The van der Waals surface area contributed by atoms with Crippen molar-refractivity contribution < 1.29 is 23.0 Å². The van der Waals surface area contributed by atoms with Gasteiger partial charge in [0.2, 0.25) is 0 Å². The average Bonchev–Trinajstić information content (AvgIpc) is 2.25. The lowest BCUT2D eigenvalue weighted by Gasteiger charge is -2.22. The molecule has 0 aromatic heterocycles. The lowest BCUT2D eigenvalue weighted by molar-refractivity contribution is -0.139. The maximum absolute atomic E-state index is 12.2. The quantitative estimate of drug-likeness (QED) is 0.866. The van der Waals surface area contributed by atoms with E-state index in [1.54, 1.807) is 19.1 Å². The Bertz CT molecular complexity index is 421. The van der Waals surface area contributed by atoms with E-state index in [4.69, 9.17) is 4.74 Å². The van der Waals surface area contributed by atoms with Crippen molar-refractivity contribution in [2.45, 2.75) is 38.5 Å². The number of nitrogens with one attached hydrogen (secondary N) is 1. The van der Waals surface area contributed by atoms with Crippen LogP contribution in [-0.2, 0) is 0 Å². The Balaban J connectivity index is 2.70. The molecule has 108 valence electrons. The van der Waals surface area contributed by atoms with Gasteiger partial charge in [0.15, 0.2) is 0 Å². The number of ether oxygens (including phenoxy) is 1. The van der Waals surface area contributed by atoms with Gasteiger partial charge in [0.05, 0.1) is 13.5 Å². The van der Waals surface area contributed by atoms with Crippen LogP contribution in [0.15, 0.2) is 18.2 Å². The number of rotatable bonds is 5. The zero-order chi connectivity index (χ0) is 14.6. The smallest absolute Gasteiger partial charge is 0.390 e. The van der Waals surface area contributed by atoms with Crippen LogP contribution in [0.4, 0.5) is 13.2 Å². The van der Waals surface area contributed by atoms with E-state index in [1.807, 2.05) is 0 Å². The Morgan fingerprint density at radius 3 is 2.42 bits per heavy atom. The Kier molecular flexibility index (Phi) is 5.05. The summed E-state index contributed by atoms with van der Waals surface area (Å²) in [6, 6.07) is 3.61. The minimum atomic E-state index is -4.20. The van der Waals surface area contributed by atoms with Crippen LogP contribution in [0, 0.1) is 0 Å². The van der Waals surface area contributed by atoms with Gasteiger partial charge in [-0.05, 0) is 19.9 Å². The summed E-state index contributed by atoms with van der Waals surface area (Å²) in [6.07, 6.45) is -5.11. The number of methoxy groups -OCH3 is 1. The van der Waals surface area contributed by atoms with Crippen molar-refractivity contribution in [3.05, 3.63) is 23.8 Å². The van der Waals surface area contributed by atoms with Crippen LogP contribution in [0.2, 0.25) is 0 Å². The fourth-order valence-corrected chi connectivity index (χ4v) is 1.94. The molecule has 0 saturated carbocycles. The molecule has 0 fully saturated rings. The SMILES string of the molecule is COc1ccc(C(C)NC(C)CC(F)(F)F)c(O)c1. The van der Waals surface area contributed by atoms with Crippen LogP contribution in [0.5, 0.6) is 11.5 Å². The second-order valence-corrected chi connectivity index (χ2v) is 4.53. The van der Waals surface area contributed by atoms with E-state index < -0.39 is 18.6 Å². The first-order valence-corrected chi connectivity index (χ1v) is 5.92. The Morgan fingerprint density at radius 1 is 1.32 bits per heavy atom. The first-order chi connectivity index (χ1) is 8.73. The molecular weight excluding hydrogens is 259 g/mol. The minimum absolute atomic E-state index is 0.00133. The summed E-state index contributed by atoms with van der Waals surface area (Å²) in [5.74, 6) is 0.496. The number of phenols is 1. The van der Waals surface area contributed by atoms with Crippen LogP contribution < -0.4 is 10.1 Å². The standard InChI is InChI=1S/C13H18F3NO2/c1-8(7-13(14,15)16)17-9(2)11-5-4-10(19-3)6-12(11)18/h4-6,8-9,17-18H,7H2,1-3H3. The summed E-state index contributed by atoms with van der Waals surface area (Å²) in [5.41, 5.74) is 0.537. The second kappa shape index (κ2) is 6.14. The Morgan fingerprint density at radius 2 is 1.95 bits per heavy atom. The lowest BCUT2D eigenvalue weighted by Crippen LogP contribution is -2.33. The average molecular weight is 277 g/mol. The number of phenolic OH excluding ortho intramolecular Hbond substituents is 1. The normalized spacial score (nSPS) is 15.1. The number of halogens is 3. The van der Waals surface area contributed by atoms with Gasteiger partial charge in [-0.2, -0.15) is 13.2 Å². The molecule has 0 saturated heterocycles. The highest BCUT2D eigenvalue weighted by Crippen LogP contribution is 2.29. The van der Waals surface area contributed by atoms with Crippen LogP contribution >= 0.6 is 0 Å². The summed E-state index contributed by atoms with van der Waals surface area (Å²) < 4.78 is 41.6. The highest BCUT2D eigenvalue weighted by molar-refractivity contribution is 5.41. The molecule has 0 aliphatic rings. The lowest BCUT2D eigenvalue weighted by atomic mass is 10.1. The monoisotopic (exact) mass is 277 g/mol. The van der Waals surface area contributed by atoms with E-state index in [0.717, 1.165) is 0 Å². The molecule has 2 atom stereocenters. The molecule has 2 N–H and O–H groups in total. The maximum Gasteiger partial charge on any atom is 0.390 e. The zero-order valence-corrected chi connectivity index (χ0v) is 11.1. The molecule has 0 radical (unpaired) electrons. The summed E-state index contributed by atoms with van der Waals surface area (Å²) in [7, 11) is 1.47. The van der Waals surface area contributed by atoms with Crippen molar-refractivity contribution in [2.24, 2.45) is 0 Å². The summed E-state index contributed by atoms with van der Waals surface area (Å²) in [5, 5.41) is 12.6. The molecule has 0 bridgehead atoms. The molecule has 0 amide bonds. The van der Waals surface area contributed by atoms with Crippen molar-refractivity contribution in [1.29, 1.82) is 0 Å². The van der Waals surface area contributed by atoms with E-state index in [1.165, 1.54) is 20.1 Å². The highest BCUT2D eigenvalue weighted by atomic mass is 19.4. The van der Waals surface area contributed by atoms with E-state index >= 15 is 0 Å². The van der Waals surface area contributed by atoms with Gasteiger partial charge in [-0.1, -0.05) is 6.07 Å². The molecule has 6 heteroatoms. The molecule has 3 nitrogen and oxygen atoms in total. The third-order valence-corrected chi connectivity index (χ3v) is 2.78. The Hall–Kier alpha value is -1.43. The molecule has 0 heterocycles. The van der Waals surface area contributed by atoms with E-state index in [2.05, 4.69) is 5.32 Å². The molecule has 1 rings (SSSR count). The third kappa shape index (κ3) is 4.98. The topological polar surface area (TPSA) is 41.5 Å². The van der Waals surface area contributed by atoms with Crippen molar-refractivity contribution in [3.63, 3.8) is 0 Å². The number of alkyl halides is 3. The summed E-state index contributed by atoms with van der Waals surface area (Å²) in [6.45, 7) is 3.17. The van der Waals surface area contributed by atoms with Crippen LogP contribution in [0.1, 0.15) is 31.9 Å².